The lowest BCUT2D eigenvalue weighted by Gasteiger charge is -2.06. The molecule has 1 amide bonds. The lowest BCUT2D eigenvalue weighted by atomic mass is 10.2. The second-order valence-electron chi connectivity index (χ2n) is 2.63. The van der Waals surface area contributed by atoms with Gasteiger partial charge in [0.2, 0.25) is 0 Å². The van der Waals surface area contributed by atoms with E-state index in [0.717, 1.165) is 0 Å². The summed E-state index contributed by atoms with van der Waals surface area (Å²) < 4.78 is 0. The molecule has 7 heteroatoms. The zero-order valence-corrected chi connectivity index (χ0v) is 9.79. The van der Waals surface area contributed by atoms with Gasteiger partial charge in [-0.25, -0.2) is 0 Å². The van der Waals surface area contributed by atoms with Gasteiger partial charge in [-0.05, 0) is 0 Å². The van der Waals surface area contributed by atoms with Crippen molar-refractivity contribution in [3.63, 3.8) is 0 Å². The minimum atomic E-state index is -0.430. The van der Waals surface area contributed by atoms with Gasteiger partial charge in [0, 0.05) is 12.4 Å². The third-order valence-electron chi connectivity index (χ3n) is 1.50. The average molecular weight is 264 g/mol. The normalized spacial score (nSPS) is 9.73. The van der Waals surface area contributed by atoms with Crippen molar-refractivity contribution in [1.82, 2.24) is 10.3 Å². The van der Waals surface area contributed by atoms with Gasteiger partial charge in [0.1, 0.15) is 0 Å². The maximum Gasteiger partial charge on any atom is 0.254 e. The lowest BCUT2D eigenvalue weighted by molar-refractivity contribution is 0.0959. The number of thiocarbonyl (C=S) groups is 1. The lowest BCUT2D eigenvalue weighted by Crippen LogP contribution is -2.32. The Morgan fingerprint density at radius 1 is 1.47 bits per heavy atom. The molecule has 0 aromatic carbocycles. The van der Waals surface area contributed by atoms with Crippen molar-refractivity contribution in [2.45, 2.75) is 0 Å². The number of rotatable bonds is 3. The summed E-state index contributed by atoms with van der Waals surface area (Å²) in [6.45, 7) is 0.100. The first-order valence-corrected chi connectivity index (χ1v) is 5.04. The Labute approximate surface area is 102 Å². The van der Waals surface area contributed by atoms with Crippen molar-refractivity contribution >= 4 is 46.3 Å². The average Bonchev–Trinajstić information content (AvgIpc) is 2.14. The summed E-state index contributed by atoms with van der Waals surface area (Å²) in [5.41, 5.74) is 5.40. The molecule has 0 atom stereocenters. The van der Waals surface area contributed by atoms with Crippen molar-refractivity contribution < 1.29 is 4.79 Å². The van der Waals surface area contributed by atoms with Crippen molar-refractivity contribution in [3.8, 4) is 0 Å². The van der Waals surface area contributed by atoms with E-state index in [4.69, 9.17) is 28.9 Å². The molecule has 0 saturated heterocycles. The second-order valence-corrected chi connectivity index (χ2v) is 3.97. The fourth-order valence-electron chi connectivity index (χ4n) is 0.884. The number of nitrogens with two attached hydrogens (primary N) is 1. The molecule has 0 aliphatic heterocycles. The van der Waals surface area contributed by atoms with Gasteiger partial charge in [-0.3, -0.25) is 9.78 Å². The van der Waals surface area contributed by atoms with Crippen LogP contribution in [0.15, 0.2) is 12.4 Å². The van der Waals surface area contributed by atoms with Crippen LogP contribution in [0.4, 0.5) is 0 Å². The van der Waals surface area contributed by atoms with Gasteiger partial charge in [0.15, 0.2) is 0 Å². The van der Waals surface area contributed by atoms with Crippen molar-refractivity contribution in [3.05, 3.63) is 28.0 Å². The molecule has 0 unspecified atom stereocenters. The number of nitrogens with one attached hydrogen (secondary N) is 1. The SMILES string of the molecule is NC(=S)CNC(=O)c1c(Cl)cncc1Cl. The summed E-state index contributed by atoms with van der Waals surface area (Å²) in [5.74, 6) is -0.430. The number of pyridine rings is 1. The topological polar surface area (TPSA) is 68.0 Å². The van der Waals surface area contributed by atoms with Crippen LogP contribution in [0.2, 0.25) is 10.0 Å². The fraction of sp³-hybridized carbons (Fsp3) is 0.125. The first-order chi connectivity index (χ1) is 7.02. The highest BCUT2D eigenvalue weighted by atomic mass is 35.5. The minimum Gasteiger partial charge on any atom is -0.392 e. The van der Waals surface area contributed by atoms with Gasteiger partial charge in [-0.15, -0.1) is 0 Å². The Morgan fingerprint density at radius 2 is 2.00 bits per heavy atom. The van der Waals surface area contributed by atoms with Crippen molar-refractivity contribution in [2.24, 2.45) is 5.73 Å². The monoisotopic (exact) mass is 263 g/mol. The molecule has 1 heterocycles. The summed E-state index contributed by atoms with van der Waals surface area (Å²) in [5, 5.41) is 2.84. The smallest absolute Gasteiger partial charge is 0.254 e. The van der Waals surface area contributed by atoms with E-state index in [1.54, 1.807) is 0 Å². The van der Waals surface area contributed by atoms with Crippen LogP contribution in [0.3, 0.4) is 0 Å². The molecule has 0 aliphatic rings. The van der Waals surface area contributed by atoms with Crippen molar-refractivity contribution in [1.29, 1.82) is 0 Å². The number of amides is 1. The molecule has 4 nitrogen and oxygen atoms in total. The number of carbonyl (C=O) groups is 1. The molecule has 0 spiro atoms. The second kappa shape index (κ2) is 5.25. The van der Waals surface area contributed by atoms with E-state index >= 15 is 0 Å². The first-order valence-electron chi connectivity index (χ1n) is 3.88. The quantitative estimate of drug-likeness (QED) is 0.810. The maximum atomic E-state index is 11.6. The predicted octanol–water partition coefficient (Wildman–Crippen LogP) is 1.40. The molecule has 0 bridgehead atoms. The minimum absolute atomic E-state index is 0.100. The standard InChI is InChI=1S/C8H7Cl2N3OS/c9-4-1-12-2-5(10)7(4)8(14)13-3-6(11)15/h1-2H,3H2,(H2,11,15)(H,13,14). The number of halogens is 2. The predicted molar refractivity (Wildman–Crippen MR) is 63.4 cm³/mol. The Morgan fingerprint density at radius 3 is 2.47 bits per heavy atom. The molecule has 3 N–H and O–H groups in total. The zero-order chi connectivity index (χ0) is 11.4. The number of hydrogen-bond acceptors (Lipinski definition) is 3. The summed E-state index contributed by atoms with van der Waals surface area (Å²) in [6, 6.07) is 0. The summed E-state index contributed by atoms with van der Waals surface area (Å²) in [7, 11) is 0. The first kappa shape index (κ1) is 12.2. The number of hydrogen-bond donors (Lipinski definition) is 2. The Hall–Kier alpha value is -0.910. The molecule has 0 fully saturated rings. The number of carbonyl (C=O) groups excluding carboxylic acids is 1. The molecular weight excluding hydrogens is 257 g/mol. The van der Waals surface area contributed by atoms with E-state index in [0.29, 0.717) is 0 Å². The molecule has 15 heavy (non-hydrogen) atoms. The van der Waals surface area contributed by atoms with E-state index in [1.165, 1.54) is 12.4 Å². The van der Waals surface area contributed by atoms with Gasteiger partial charge < -0.3 is 11.1 Å². The van der Waals surface area contributed by atoms with Crippen LogP contribution in [0.5, 0.6) is 0 Å². The molecule has 0 radical (unpaired) electrons. The third-order valence-corrected chi connectivity index (χ3v) is 2.22. The molecule has 80 valence electrons. The summed E-state index contributed by atoms with van der Waals surface area (Å²) in [4.78, 5) is 15.5. The van der Waals surface area contributed by atoms with E-state index in [-0.39, 0.29) is 27.1 Å². The van der Waals surface area contributed by atoms with Crippen LogP contribution in [0.1, 0.15) is 10.4 Å². The highest BCUT2D eigenvalue weighted by Gasteiger charge is 2.14. The van der Waals surface area contributed by atoms with Crippen LogP contribution in [-0.2, 0) is 0 Å². The molecule has 0 aliphatic carbocycles. The van der Waals surface area contributed by atoms with Gasteiger partial charge >= 0.3 is 0 Å². The molecule has 1 aromatic rings. The van der Waals surface area contributed by atoms with E-state index < -0.39 is 5.91 Å². The summed E-state index contributed by atoms with van der Waals surface area (Å²) >= 11 is 16.1. The van der Waals surface area contributed by atoms with Gasteiger partial charge in [0.25, 0.3) is 5.91 Å². The number of aromatic nitrogens is 1. The fourth-order valence-corrected chi connectivity index (χ4v) is 1.49. The van der Waals surface area contributed by atoms with Crippen LogP contribution >= 0.6 is 35.4 Å². The zero-order valence-electron chi connectivity index (χ0n) is 7.46. The van der Waals surface area contributed by atoms with Crippen LogP contribution in [0, 0.1) is 0 Å². The largest absolute Gasteiger partial charge is 0.392 e. The molecule has 1 rings (SSSR count). The van der Waals surface area contributed by atoms with E-state index in [1.807, 2.05) is 0 Å². The molecular formula is C8H7Cl2N3OS. The van der Waals surface area contributed by atoms with Gasteiger partial charge in [0.05, 0.1) is 27.1 Å². The van der Waals surface area contributed by atoms with E-state index in [9.17, 15) is 4.79 Å². The summed E-state index contributed by atoms with van der Waals surface area (Å²) in [6.07, 6.45) is 2.67. The Balaban J connectivity index is 2.86. The van der Waals surface area contributed by atoms with Crippen LogP contribution in [-0.4, -0.2) is 22.4 Å². The highest BCUT2D eigenvalue weighted by molar-refractivity contribution is 7.80. The van der Waals surface area contributed by atoms with Gasteiger partial charge in [-0.2, -0.15) is 0 Å². The van der Waals surface area contributed by atoms with Gasteiger partial charge in [-0.1, -0.05) is 35.4 Å². The van der Waals surface area contributed by atoms with Crippen LogP contribution in [0.25, 0.3) is 0 Å². The third kappa shape index (κ3) is 3.30. The van der Waals surface area contributed by atoms with Crippen molar-refractivity contribution in [2.75, 3.05) is 6.54 Å². The number of nitrogens with zero attached hydrogens (tertiary/aromatic N) is 1. The Bertz CT molecular complexity index is 391. The highest BCUT2D eigenvalue weighted by Crippen LogP contribution is 2.22. The molecule has 1 aromatic heterocycles. The molecule has 0 saturated carbocycles. The maximum absolute atomic E-state index is 11.6. The Kier molecular flexibility index (Phi) is 4.26. The van der Waals surface area contributed by atoms with E-state index in [2.05, 4.69) is 22.5 Å². The van der Waals surface area contributed by atoms with Crippen LogP contribution < -0.4 is 11.1 Å².